The molecule has 0 aromatic carbocycles. The Morgan fingerprint density at radius 1 is 1.32 bits per heavy atom. The van der Waals surface area contributed by atoms with Crippen molar-refractivity contribution in [1.82, 2.24) is 20.4 Å². The van der Waals surface area contributed by atoms with Crippen LogP contribution in [0.15, 0.2) is 4.99 Å². The molecule has 0 unspecified atom stereocenters. The lowest BCUT2D eigenvalue weighted by Gasteiger charge is -2.34. The minimum Gasteiger partial charge on any atom is -0.359 e. The number of halogens is 3. The maximum absolute atomic E-state index is 12.3. The van der Waals surface area contributed by atoms with E-state index in [0.717, 1.165) is 31.9 Å². The Balaban J connectivity index is 2.26. The minimum absolute atomic E-state index is 0.0731. The van der Waals surface area contributed by atoms with Crippen LogP contribution in [0.25, 0.3) is 0 Å². The van der Waals surface area contributed by atoms with Gasteiger partial charge >= 0.3 is 6.18 Å². The molecule has 146 valence electrons. The van der Waals surface area contributed by atoms with E-state index >= 15 is 0 Å². The van der Waals surface area contributed by atoms with E-state index in [2.05, 4.69) is 20.5 Å². The maximum atomic E-state index is 12.3. The lowest BCUT2D eigenvalue weighted by molar-refractivity contribution is -0.143. The second kappa shape index (κ2) is 10.5. The highest BCUT2D eigenvalue weighted by atomic mass is 19.4. The number of nitrogens with zero attached hydrogens (tertiary/aromatic N) is 3. The number of likely N-dealkylation sites (tertiary alicyclic amines) is 1. The molecule has 0 aliphatic carbocycles. The van der Waals surface area contributed by atoms with Gasteiger partial charge in [-0.25, -0.2) is 0 Å². The van der Waals surface area contributed by atoms with Gasteiger partial charge in [-0.3, -0.25) is 14.7 Å². The normalized spacial score (nSPS) is 17.1. The minimum atomic E-state index is -4.16. The van der Waals surface area contributed by atoms with Crippen LogP contribution in [-0.4, -0.2) is 81.7 Å². The third kappa shape index (κ3) is 8.94. The van der Waals surface area contributed by atoms with Crippen LogP contribution >= 0.6 is 0 Å². The Kier molecular flexibility index (Phi) is 9.02. The van der Waals surface area contributed by atoms with Crippen molar-refractivity contribution in [3.63, 3.8) is 0 Å². The van der Waals surface area contributed by atoms with Crippen LogP contribution in [0.1, 0.15) is 25.7 Å². The summed E-state index contributed by atoms with van der Waals surface area (Å²) in [6.07, 6.45) is -1.12. The predicted molar refractivity (Wildman–Crippen MR) is 92.5 cm³/mol. The molecule has 1 aliphatic heterocycles. The molecule has 0 spiro atoms. The topological polar surface area (TPSA) is 60.0 Å². The van der Waals surface area contributed by atoms with Crippen LogP contribution in [0.4, 0.5) is 13.2 Å². The zero-order chi connectivity index (χ0) is 18.9. The smallest absolute Gasteiger partial charge is 0.359 e. The molecule has 0 radical (unpaired) electrons. The molecule has 0 aromatic heterocycles. The van der Waals surface area contributed by atoms with Crippen molar-refractivity contribution in [1.29, 1.82) is 0 Å². The first-order valence-electron chi connectivity index (χ1n) is 8.66. The first kappa shape index (κ1) is 21.5. The summed E-state index contributed by atoms with van der Waals surface area (Å²) in [7, 11) is 4.82. The molecular weight excluding hydrogens is 335 g/mol. The first-order valence-corrected chi connectivity index (χ1v) is 8.66. The average molecular weight is 365 g/mol. The van der Waals surface area contributed by atoms with Crippen molar-refractivity contribution in [2.45, 2.75) is 31.9 Å². The van der Waals surface area contributed by atoms with Crippen molar-refractivity contribution < 1.29 is 18.0 Å². The Bertz CT molecular complexity index is 434. The Hall–Kier alpha value is -1.51. The standard InChI is InChI=1S/C16H30F3N5O/c1-20-14(25)11-13-5-9-24(10-6-13)15(21-2)22-7-4-8-23(3)12-16(17,18)19/h13H,4-12H2,1-3H3,(H,20,25)(H,21,22). The van der Waals surface area contributed by atoms with Crippen LogP contribution < -0.4 is 10.6 Å². The second-order valence-electron chi connectivity index (χ2n) is 6.49. The van der Waals surface area contributed by atoms with E-state index in [-0.39, 0.29) is 5.91 Å². The van der Waals surface area contributed by atoms with Gasteiger partial charge in [0.1, 0.15) is 0 Å². The van der Waals surface area contributed by atoms with E-state index < -0.39 is 12.7 Å². The van der Waals surface area contributed by atoms with Crippen molar-refractivity contribution in [3.05, 3.63) is 0 Å². The first-order chi connectivity index (χ1) is 11.7. The van der Waals surface area contributed by atoms with E-state index in [1.165, 1.54) is 11.9 Å². The van der Waals surface area contributed by atoms with Gasteiger partial charge in [-0.1, -0.05) is 0 Å². The van der Waals surface area contributed by atoms with Crippen LogP contribution in [0.5, 0.6) is 0 Å². The van der Waals surface area contributed by atoms with E-state index in [9.17, 15) is 18.0 Å². The van der Waals surface area contributed by atoms with Crippen molar-refractivity contribution in [2.75, 3.05) is 53.9 Å². The largest absolute Gasteiger partial charge is 0.401 e. The third-order valence-electron chi connectivity index (χ3n) is 4.33. The van der Waals surface area contributed by atoms with Crippen LogP contribution in [0, 0.1) is 5.92 Å². The SMILES string of the molecule is CN=C(NCCCN(C)CC(F)(F)F)N1CCC(CC(=O)NC)CC1. The Morgan fingerprint density at radius 2 is 1.96 bits per heavy atom. The van der Waals surface area contributed by atoms with Gasteiger partial charge in [0.05, 0.1) is 6.54 Å². The number of guanidine groups is 1. The van der Waals surface area contributed by atoms with E-state index in [1.807, 2.05) is 0 Å². The number of piperidine rings is 1. The van der Waals surface area contributed by atoms with Crippen LogP contribution in [0.3, 0.4) is 0 Å². The van der Waals surface area contributed by atoms with Crippen molar-refractivity contribution in [2.24, 2.45) is 10.9 Å². The molecule has 1 aliphatic rings. The van der Waals surface area contributed by atoms with Gasteiger partial charge in [-0.05, 0) is 38.8 Å². The number of carbonyl (C=O) groups is 1. The molecule has 1 rings (SSSR count). The van der Waals surface area contributed by atoms with Crippen molar-refractivity contribution >= 4 is 11.9 Å². The molecule has 1 saturated heterocycles. The van der Waals surface area contributed by atoms with Gasteiger partial charge in [0, 0.05) is 40.2 Å². The monoisotopic (exact) mass is 365 g/mol. The number of aliphatic imine (C=N–C) groups is 1. The number of amides is 1. The number of alkyl halides is 3. The fraction of sp³-hybridized carbons (Fsp3) is 0.875. The molecule has 0 saturated carbocycles. The lowest BCUT2D eigenvalue weighted by Crippen LogP contribution is -2.46. The molecule has 9 heteroatoms. The van der Waals surface area contributed by atoms with E-state index in [4.69, 9.17) is 0 Å². The Morgan fingerprint density at radius 3 is 2.48 bits per heavy atom. The summed E-state index contributed by atoms with van der Waals surface area (Å²) in [4.78, 5) is 19.1. The van der Waals surface area contributed by atoms with Gasteiger partial charge in [0.25, 0.3) is 0 Å². The maximum Gasteiger partial charge on any atom is 0.401 e. The summed E-state index contributed by atoms with van der Waals surface area (Å²) >= 11 is 0. The summed E-state index contributed by atoms with van der Waals surface area (Å²) in [6.45, 7) is 1.72. The van der Waals surface area contributed by atoms with Crippen molar-refractivity contribution in [3.8, 4) is 0 Å². The number of carbonyl (C=O) groups excluding carboxylic acids is 1. The van der Waals surface area contributed by atoms with E-state index in [1.54, 1.807) is 14.1 Å². The zero-order valence-corrected chi connectivity index (χ0v) is 15.3. The fourth-order valence-corrected chi connectivity index (χ4v) is 2.98. The summed E-state index contributed by atoms with van der Waals surface area (Å²) < 4.78 is 36.8. The van der Waals surface area contributed by atoms with Gasteiger partial charge in [-0.15, -0.1) is 0 Å². The molecule has 0 atom stereocenters. The fourth-order valence-electron chi connectivity index (χ4n) is 2.98. The molecule has 0 bridgehead atoms. The molecule has 1 fully saturated rings. The number of nitrogens with one attached hydrogen (secondary N) is 2. The summed E-state index contributed by atoms with van der Waals surface area (Å²) in [5.41, 5.74) is 0. The number of rotatable bonds is 7. The summed E-state index contributed by atoms with van der Waals surface area (Å²) in [5, 5.41) is 5.86. The predicted octanol–water partition coefficient (Wildman–Crippen LogP) is 1.29. The Labute approximate surface area is 147 Å². The summed E-state index contributed by atoms with van der Waals surface area (Å²) in [5.74, 6) is 1.24. The zero-order valence-electron chi connectivity index (χ0n) is 15.3. The number of hydrogen-bond donors (Lipinski definition) is 2. The lowest BCUT2D eigenvalue weighted by atomic mass is 9.93. The average Bonchev–Trinajstić information content (AvgIpc) is 2.54. The molecule has 0 aromatic rings. The quantitative estimate of drug-likeness (QED) is 0.406. The molecule has 1 heterocycles. The molecular formula is C16H30F3N5O. The summed E-state index contributed by atoms with van der Waals surface area (Å²) in [6, 6.07) is 0. The van der Waals surface area contributed by atoms with Gasteiger partial charge in [-0.2, -0.15) is 13.2 Å². The van der Waals surface area contributed by atoms with Gasteiger partial charge in [0.15, 0.2) is 5.96 Å². The molecule has 2 N–H and O–H groups in total. The molecule has 6 nitrogen and oxygen atoms in total. The molecule has 1 amide bonds. The van der Waals surface area contributed by atoms with Gasteiger partial charge < -0.3 is 15.5 Å². The number of hydrogen-bond acceptors (Lipinski definition) is 3. The van der Waals surface area contributed by atoms with Crippen LogP contribution in [0.2, 0.25) is 0 Å². The highest BCUT2D eigenvalue weighted by Crippen LogP contribution is 2.20. The van der Waals surface area contributed by atoms with E-state index in [0.29, 0.717) is 31.8 Å². The highest BCUT2D eigenvalue weighted by Gasteiger charge is 2.28. The highest BCUT2D eigenvalue weighted by molar-refractivity contribution is 5.80. The van der Waals surface area contributed by atoms with Crippen LogP contribution in [-0.2, 0) is 4.79 Å². The third-order valence-corrected chi connectivity index (χ3v) is 4.33. The molecule has 25 heavy (non-hydrogen) atoms. The second-order valence-corrected chi connectivity index (χ2v) is 6.49. The van der Waals surface area contributed by atoms with Gasteiger partial charge in [0.2, 0.25) is 5.91 Å².